The van der Waals surface area contributed by atoms with Crippen molar-refractivity contribution >= 4 is 40.8 Å². The molecule has 0 saturated heterocycles. The molecule has 0 amide bonds. The van der Waals surface area contributed by atoms with Crippen molar-refractivity contribution in [2.75, 3.05) is 0 Å². The lowest BCUT2D eigenvalue weighted by Gasteiger charge is -2.32. The fraction of sp³-hybridized carbons (Fsp3) is 0.417. The van der Waals surface area contributed by atoms with Crippen LogP contribution in [0, 0.1) is 5.92 Å². The highest BCUT2D eigenvalue weighted by Crippen LogP contribution is 2.44. The standard InChI is InChI=1S/C12H8Cl3F3O3/c13-6-2-7-4(9(14)10(6)15)1-5(11(19)20)8(21-7)3-12(16,17)18/h2,5,8H,1,3H2,(H,19,20)/t5-,8+/m0/s1. The normalized spacial score (nSPS) is 21.6. The summed E-state index contributed by atoms with van der Waals surface area (Å²) in [6.07, 6.45) is -7.67. The van der Waals surface area contributed by atoms with Gasteiger partial charge in [-0.05, 0) is 6.42 Å². The Morgan fingerprint density at radius 2 is 1.95 bits per heavy atom. The number of alkyl halides is 3. The zero-order chi connectivity index (χ0) is 15.9. The summed E-state index contributed by atoms with van der Waals surface area (Å²) >= 11 is 17.6. The summed E-state index contributed by atoms with van der Waals surface area (Å²) in [5, 5.41) is 9.13. The first-order valence-electron chi connectivity index (χ1n) is 5.72. The number of rotatable bonds is 2. The molecule has 1 heterocycles. The molecule has 0 aliphatic carbocycles. The molecule has 116 valence electrons. The third-order valence-electron chi connectivity index (χ3n) is 3.12. The molecular weight excluding hydrogens is 355 g/mol. The highest BCUT2D eigenvalue weighted by atomic mass is 35.5. The van der Waals surface area contributed by atoms with Crippen molar-refractivity contribution in [2.24, 2.45) is 5.92 Å². The molecule has 0 spiro atoms. The third-order valence-corrected chi connectivity index (χ3v) is 4.42. The molecule has 0 fully saturated rings. The van der Waals surface area contributed by atoms with Crippen LogP contribution >= 0.6 is 34.8 Å². The summed E-state index contributed by atoms with van der Waals surface area (Å²) in [4.78, 5) is 11.2. The van der Waals surface area contributed by atoms with E-state index in [4.69, 9.17) is 44.6 Å². The van der Waals surface area contributed by atoms with E-state index in [9.17, 15) is 18.0 Å². The Kier molecular flexibility index (Phi) is 4.52. The first-order valence-corrected chi connectivity index (χ1v) is 6.86. The van der Waals surface area contributed by atoms with Gasteiger partial charge in [0.2, 0.25) is 0 Å². The highest BCUT2D eigenvalue weighted by molar-refractivity contribution is 6.48. The first kappa shape index (κ1) is 16.5. The van der Waals surface area contributed by atoms with Crippen LogP contribution < -0.4 is 4.74 Å². The van der Waals surface area contributed by atoms with Crippen LogP contribution in [-0.4, -0.2) is 23.4 Å². The van der Waals surface area contributed by atoms with E-state index >= 15 is 0 Å². The third kappa shape index (κ3) is 3.49. The molecule has 1 aromatic rings. The fourth-order valence-corrected chi connectivity index (χ4v) is 2.84. The van der Waals surface area contributed by atoms with Crippen molar-refractivity contribution in [3.63, 3.8) is 0 Å². The lowest BCUT2D eigenvalue weighted by atomic mass is 9.89. The van der Waals surface area contributed by atoms with Crippen molar-refractivity contribution < 1.29 is 27.8 Å². The van der Waals surface area contributed by atoms with Crippen LogP contribution in [-0.2, 0) is 11.2 Å². The fourth-order valence-electron chi connectivity index (χ4n) is 2.16. The summed E-state index contributed by atoms with van der Waals surface area (Å²) in [6, 6.07) is 1.24. The number of carbonyl (C=O) groups is 1. The summed E-state index contributed by atoms with van der Waals surface area (Å²) in [6.45, 7) is 0. The minimum absolute atomic E-state index is 0.00382. The predicted octanol–water partition coefficient (Wildman–Crippen LogP) is 4.60. The maximum atomic E-state index is 12.5. The van der Waals surface area contributed by atoms with Crippen molar-refractivity contribution in [1.29, 1.82) is 0 Å². The van der Waals surface area contributed by atoms with Gasteiger partial charge in [0.1, 0.15) is 11.9 Å². The Morgan fingerprint density at radius 1 is 1.33 bits per heavy atom. The maximum Gasteiger partial charge on any atom is 0.392 e. The number of ether oxygens (including phenoxy) is 1. The Morgan fingerprint density at radius 3 is 2.48 bits per heavy atom. The largest absolute Gasteiger partial charge is 0.489 e. The number of aliphatic carboxylic acids is 1. The van der Waals surface area contributed by atoms with Gasteiger partial charge in [0, 0.05) is 11.6 Å². The quantitative estimate of drug-likeness (QED) is 0.781. The molecule has 0 aromatic heterocycles. The second-order valence-corrected chi connectivity index (χ2v) is 5.75. The molecule has 1 aromatic carbocycles. The van der Waals surface area contributed by atoms with Gasteiger partial charge in [0.05, 0.1) is 27.4 Å². The number of carboxylic acids is 1. The molecule has 1 aliphatic heterocycles. The van der Waals surface area contributed by atoms with Crippen LogP contribution in [0.3, 0.4) is 0 Å². The molecule has 0 saturated carbocycles. The highest BCUT2D eigenvalue weighted by Gasteiger charge is 2.43. The molecule has 2 rings (SSSR count). The van der Waals surface area contributed by atoms with E-state index in [0.29, 0.717) is 0 Å². The lowest BCUT2D eigenvalue weighted by Crippen LogP contribution is -2.41. The number of halogens is 6. The molecule has 1 N–H and O–H groups in total. The molecule has 3 nitrogen and oxygen atoms in total. The van der Waals surface area contributed by atoms with E-state index in [2.05, 4.69) is 0 Å². The molecule has 0 unspecified atom stereocenters. The van der Waals surface area contributed by atoms with Gasteiger partial charge in [-0.15, -0.1) is 0 Å². The van der Waals surface area contributed by atoms with E-state index in [1.807, 2.05) is 0 Å². The monoisotopic (exact) mass is 362 g/mol. The van der Waals surface area contributed by atoms with Crippen LogP contribution in [0.1, 0.15) is 12.0 Å². The van der Waals surface area contributed by atoms with Crippen molar-refractivity contribution in [2.45, 2.75) is 25.1 Å². The molecule has 21 heavy (non-hydrogen) atoms. The topological polar surface area (TPSA) is 46.5 Å². The van der Waals surface area contributed by atoms with Gasteiger partial charge in [-0.25, -0.2) is 0 Å². The predicted molar refractivity (Wildman–Crippen MR) is 71.4 cm³/mol. The van der Waals surface area contributed by atoms with E-state index in [-0.39, 0.29) is 32.8 Å². The zero-order valence-corrected chi connectivity index (χ0v) is 12.4. The number of hydrogen-bond acceptors (Lipinski definition) is 2. The Balaban J connectivity index is 2.43. The number of carboxylic acid groups (broad SMARTS) is 1. The van der Waals surface area contributed by atoms with E-state index in [0.717, 1.165) is 0 Å². The molecule has 0 bridgehead atoms. The first-order chi connectivity index (χ1) is 9.60. The van der Waals surface area contributed by atoms with Crippen LogP contribution in [0.2, 0.25) is 15.1 Å². The average molecular weight is 364 g/mol. The second-order valence-electron chi connectivity index (χ2n) is 4.59. The molecule has 1 aliphatic rings. The van der Waals surface area contributed by atoms with Crippen molar-refractivity contribution in [3.8, 4) is 5.75 Å². The van der Waals surface area contributed by atoms with Gasteiger partial charge in [-0.1, -0.05) is 34.8 Å². The minimum Gasteiger partial charge on any atom is -0.489 e. The Labute approximate surface area is 132 Å². The van der Waals surface area contributed by atoms with Crippen molar-refractivity contribution in [1.82, 2.24) is 0 Å². The van der Waals surface area contributed by atoms with Gasteiger partial charge < -0.3 is 9.84 Å². The van der Waals surface area contributed by atoms with E-state index < -0.39 is 30.6 Å². The van der Waals surface area contributed by atoms with Crippen LogP contribution in [0.25, 0.3) is 0 Å². The van der Waals surface area contributed by atoms with Gasteiger partial charge >= 0.3 is 12.1 Å². The number of benzene rings is 1. The minimum atomic E-state index is -4.55. The van der Waals surface area contributed by atoms with E-state index in [1.54, 1.807) is 0 Å². The van der Waals surface area contributed by atoms with Gasteiger partial charge in [-0.3, -0.25) is 4.79 Å². The average Bonchev–Trinajstić information content (AvgIpc) is 2.33. The smallest absolute Gasteiger partial charge is 0.392 e. The lowest BCUT2D eigenvalue weighted by molar-refractivity contribution is -0.166. The Bertz CT molecular complexity index is 589. The second kappa shape index (κ2) is 5.74. The number of fused-ring (bicyclic) bond motifs is 1. The summed E-state index contributed by atoms with van der Waals surface area (Å²) in [5.74, 6) is -2.73. The van der Waals surface area contributed by atoms with Crippen LogP contribution in [0.4, 0.5) is 13.2 Å². The zero-order valence-electron chi connectivity index (χ0n) is 10.2. The molecule has 9 heteroatoms. The van der Waals surface area contributed by atoms with Gasteiger partial charge in [0.15, 0.2) is 0 Å². The Hall–Kier alpha value is -0.850. The van der Waals surface area contributed by atoms with E-state index in [1.165, 1.54) is 6.07 Å². The molecular formula is C12H8Cl3F3O3. The molecule has 2 atom stereocenters. The summed E-state index contributed by atoms with van der Waals surface area (Å²) in [5.41, 5.74) is 0.247. The maximum absolute atomic E-state index is 12.5. The summed E-state index contributed by atoms with van der Waals surface area (Å²) < 4.78 is 42.8. The van der Waals surface area contributed by atoms with Gasteiger partial charge in [0.25, 0.3) is 0 Å². The summed E-state index contributed by atoms with van der Waals surface area (Å²) in [7, 11) is 0. The number of hydrogen-bond donors (Lipinski definition) is 1. The van der Waals surface area contributed by atoms with Crippen LogP contribution in [0.5, 0.6) is 5.75 Å². The molecule has 0 radical (unpaired) electrons. The van der Waals surface area contributed by atoms with Gasteiger partial charge in [-0.2, -0.15) is 13.2 Å². The SMILES string of the molecule is O=C(O)[C@H]1Cc2c(cc(Cl)c(Cl)c2Cl)O[C@@H]1CC(F)(F)F. The van der Waals surface area contributed by atoms with Crippen LogP contribution in [0.15, 0.2) is 6.07 Å². The van der Waals surface area contributed by atoms with Crippen molar-refractivity contribution in [3.05, 3.63) is 26.7 Å².